The minimum Gasteiger partial charge on any atom is -0.395 e. The lowest BCUT2D eigenvalue weighted by Gasteiger charge is -2.21. The molecule has 1 aromatic rings. The summed E-state index contributed by atoms with van der Waals surface area (Å²) in [6, 6.07) is 0. The first-order valence-electron chi connectivity index (χ1n) is 5.82. The normalized spacial score (nSPS) is 11.8. The van der Waals surface area contributed by atoms with Crippen LogP contribution < -0.4 is 0 Å². The standard InChI is InChI=1S/C11H18ClF2N3O/c1-3-17-9(11(12)8(2)15-17)6-16(4-5-18)7-10(13)14/h10,18H,3-7H2,1-2H3. The van der Waals surface area contributed by atoms with Crippen LogP contribution in [0.3, 0.4) is 0 Å². The predicted molar refractivity (Wildman–Crippen MR) is 66.0 cm³/mol. The molecule has 0 saturated carbocycles. The zero-order chi connectivity index (χ0) is 13.7. The quantitative estimate of drug-likeness (QED) is 0.830. The summed E-state index contributed by atoms with van der Waals surface area (Å²) in [6.07, 6.45) is -2.44. The van der Waals surface area contributed by atoms with Crippen LogP contribution in [0.4, 0.5) is 8.78 Å². The molecule has 0 atom stereocenters. The average molecular weight is 282 g/mol. The number of aliphatic hydroxyl groups is 1. The molecule has 0 amide bonds. The molecule has 1 heterocycles. The molecule has 0 aliphatic carbocycles. The summed E-state index contributed by atoms with van der Waals surface area (Å²) >= 11 is 6.11. The molecule has 0 fully saturated rings. The molecule has 0 radical (unpaired) electrons. The van der Waals surface area contributed by atoms with Gasteiger partial charge >= 0.3 is 0 Å². The molecule has 1 N–H and O–H groups in total. The Labute approximate surface area is 110 Å². The van der Waals surface area contributed by atoms with Gasteiger partial charge in [0.1, 0.15) is 0 Å². The molecule has 0 aromatic carbocycles. The van der Waals surface area contributed by atoms with Crippen LogP contribution in [-0.2, 0) is 13.1 Å². The first kappa shape index (κ1) is 15.3. The number of aliphatic hydroxyl groups excluding tert-OH is 1. The van der Waals surface area contributed by atoms with Crippen molar-refractivity contribution in [2.45, 2.75) is 33.4 Å². The first-order valence-corrected chi connectivity index (χ1v) is 6.20. The van der Waals surface area contributed by atoms with E-state index >= 15 is 0 Å². The van der Waals surface area contributed by atoms with Gasteiger partial charge in [-0.3, -0.25) is 9.58 Å². The Hall–Kier alpha value is -0.720. The van der Waals surface area contributed by atoms with E-state index in [1.54, 1.807) is 11.6 Å². The van der Waals surface area contributed by atoms with E-state index < -0.39 is 6.43 Å². The summed E-state index contributed by atoms with van der Waals surface area (Å²) in [5.74, 6) is 0. The van der Waals surface area contributed by atoms with Crippen LogP contribution in [0.15, 0.2) is 0 Å². The molecule has 0 saturated heterocycles. The third-order valence-electron chi connectivity index (χ3n) is 2.64. The van der Waals surface area contributed by atoms with Crippen molar-refractivity contribution in [2.24, 2.45) is 0 Å². The smallest absolute Gasteiger partial charge is 0.251 e. The van der Waals surface area contributed by atoms with Crippen molar-refractivity contribution in [1.29, 1.82) is 0 Å². The highest BCUT2D eigenvalue weighted by Crippen LogP contribution is 2.22. The fourth-order valence-corrected chi connectivity index (χ4v) is 2.00. The number of aromatic nitrogens is 2. The lowest BCUT2D eigenvalue weighted by atomic mass is 10.3. The Morgan fingerprint density at radius 2 is 2.17 bits per heavy atom. The Kier molecular flexibility index (Phi) is 5.98. The van der Waals surface area contributed by atoms with Gasteiger partial charge in [0.2, 0.25) is 0 Å². The molecule has 1 rings (SSSR count). The summed E-state index contributed by atoms with van der Waals surface area (Å²) < 4.78 is 26.5. The average Bonchev–Trinajstić information content (AvgIpc) is 2.56. The minimum atomic E-state index is -2.44. The molecular weight excluding hydrogens is 264 g/mol. The molecule has 0 bridgehead atoms. The Morgan fingerprint density at radius 3 is 2.67 bits per heavy atom. The van der Waals surface area contributed by atoms with Gasteiger partial charge in [0.15, 0.2) is 0 Å². The third-order valence-corrected chi connectivity index (χ3v) is 3.13. The third kappa shape index (κ3) is 3.90. The Balaban J connectivity index is 2.85. The molecule has 0 unspecified atom stereocenters. The predicted octanol–water partition coefficient (Wildman–Crippen LogP) is 1.92. The van der Waals surface area contributed by atoms with Crippen molar-refractivity contribution in [2.75, 3.05) is 19.7 Å². The maximum absolute atomic E-state index is 12.4. The monoisotopic (exact) mass is 281 g/mol. The fourth-order valence-electron chi connectivity index (χ4n) is 1.80. The van der Waals surface area contributed by atoms with Gasteiger partial charge in [-0.05, 0) is 13.8 Å². The second kappa shape index (κ2) is 7.01. The van der Waals surface area contributed by atoms with Gasteiger partial charge in [0.25, 0.3) is 6.43 Å². The number of rotatable bonds is 7. The van der Waals surface area contributed by atoms with E-state index in [2.05, 4.69) is 5.10 Å². The molecule has 0 spiro atoms. The van der Waals surface area contributed by atoms with Crippen LogP contribution in [0.5, 0.6) is 0 Å². The van der Waals surface area contributed by atoms with E-state index in [4.69, 9.17) is 16.7 Å². The fraction of sp³-hybridized carbons (Fsp3) is 0.727. The summed E-state index contributed by atoms with van der Waals surface area (Å²) in [5.41, 5.74) is 1.40. The molecule has 18 heavy (non-hydrogen) atoms. The zero-order valence-electron chi connectivity index (χ0n) is 10.5. The van der Waals surface area contributed by atoms with Crippen molar-refractivity contribution >= 4 is 11.6 Å². The number of halogens is 3. The highest BCUT2D eigenvalue weighted by atomic mass is 35.5. The van der Waals surface area contributed by atoms with Crippen LogP contribution in [0.2, 0.25) is 5.02 Å². The number of nitrogens with zero attached hydrogens (tertiary/aromatic N) is 3. The van der Waals surface area contributed by atoms with Gasteiger partial charge in [-0.25, -0.2) is 8.78 Å². The van der Waals surface area contributed by atoms with Crippen molar-refractivity contribution in [1.82, 2.24) is 14.7 Å². The summed E-state index contributed by atoms with van der Waals surface area (Å²) in [6.45, 7) is 4.23. The topological polar surface area (TPSA) is 41.3 Å². The second-order valence-corrected chi connectivity index (χ2v) is 4.39. The molecule has 0 aliphatic heterocycles. The second-order valence-electron chi connectivity index (χ2n) is 4.01. The van der Waals surface area contributed by atoms with E-state index in [1.165, 1.54) is 4.90 Å². The van der Waals surface area contributed by atoms with Crippen molar-refractivity contribution in [3.8, 4) is 0 Å². The lowest BCUT2D eigenvalue weighted by molar-refractivity contribution is 0.0733. The maximum atomic E-state index is 12.4. The van der Waals surface area contributed by atoms with Crippen molar-refractivity contribution < 1.29 is 13.9 Å². The van der Waals surface area contributed by atoms with Gasteiger partial charge in [-0.1, -0.05) is 11.6 Å². The van der Waals surface area contributed by atoms with Crippen LogP contribution in [0.1, 0.15) is 18.3 Å². The SMILES string of the molecule is CCn1nc(C)c(Cl)c1CN(CCO)CC(F)F. The number of hydrogen-bond donors (Lipinski definition) is 1. The van der Waals surface area contributed by atoms with E-state index in [0.717, 1.165) is 0 Å². The number of hydrogen-bond acceptors (Lipinski definition) is 3. The Bertz CT molecular complexity index is 385. The van der Waals surface area contributed by atoms with E-state index in [1.807, 2.05) is 6.92 Å². The molecular formula is C11H18ClF2N3O. The van der Waals surface area contributed by atoms with Gasteiger partial charge < -0.3 is 5.11 Å². The maximum Gasteiger partial charge on any atom is 0.251 e. The van der Waals surface area contributed by atoms with Crippen LogP contribution in [-0.4, -0.2) is 45.9 Å². The van der Waals surface area contributed by atoms with Crippen LogP contribution >= 0.6 is 11.6 Å². The van der Waals surface area contributed by atoms with Gasteiger partial charge in [0.05, 0.1) is 29.6 Å². The van der Waals surface area contributed by atoms with Crippen LogP contribution in [0.25, 0.3) is 0 Å². The Morgan fingerprint density at radius 1 is 1.50 bits per heavy atom. The summed E-state index contributed by atoms with van der Waals surface area (Å²) in [7, 11) is 0. The van der Waals surface area contributed by atoms with E-state index in [9.17, 15) is 8.78 Å². The highest BCUT2D eigenvalue weighted by molar-refractivity contribution is 6.31. The zero-order valence-corrected chi connectivity index (χ0v) is 11.3. The summed E-state index contributed by atoms with van der Waals surface area (Å²) in [4.78, 5) is 1.47. The first-order chi connectivity index (χ1) is 8.49. The molecule has 104 valence electrons. The molecule has 4 nitrogen and oxygen atoms in total. The van der Waals surface area contributed by atoms with Crippen LogP contribution in [0, 0.1) is 6.92 Å². The molecule has 7 heteroatoms. The van der Waals surface area contributed by atoms with Crippen molar-refractivity contribution in [3.05, 3.63) is 16.4 Å². The lowest BCUT2D eigenvalue weighted by Crippen LogP contribution is -2.32. The largest absolute Gasteiger partial charge is 0.395 e. The minimum absolute atomic E-state index is 0.163. The van der Waals surface area contributed by atoms with Gasteiger partial charge in [0, 0.05) is 19.6 Å². The molecule has 0 aliphatic rings. The number of aryl methyl sites for hydroxylation is 2. The van der Waals surface area contributed by atoms with Gasteiger partial charge in [-0.15, -0.1) is 0 Å². The molecule has 1 aromatic heterocycles. The summed E-state index contributed by atoms with van der Waals surface area (Å²) in [5, 5.41) is 13.6. The van der Waals surface area contributed by atoms with E-state index in [0.29, 0.717) is 23.0 Å². The van der Waals surface area contributed by atoms with E-state index in [-0.39, 0.29) is 26.2 Å². The number of alkyl halides is 2. The van der Waals surface area contributed by atoms with Gasteiger partial charge in [-0.2, -0.15) is 5.10 Å². The highest BCUT2D eigenvalue weighted by Gasteiger charge is 2.18. The van der Waals surface area contributed by atoms with Crippen molar-refractivity contribution in [3.63, 3.8) is 0 Å².